The summed E-state index contributed by atoms with van der Waals surface area (Å²) in [6, 6.07) is 0. The minimum absolute atomic E-state index is 0.0913. The second-order valence-electron chi connectivity index (χ2n) is 3.73. The molecule has 0 aliphatic carbocycles. The largest absolute Gasteiger partial charge is 0.462 e. The van der Waals surface area contributed by atoms with Crippen molar-refractivity contribution in [2.45, 2.75) is 45.3 Å². The van der Waals surface area contributed by atoms with Crippen molar-refractivity contribution in [1.82, 2.24) is 0 Å². The second kappa shape index (κ2) is 8.95. The first-order valence-electron chi connectivity index (χ1n) is 5.64. The van der Waals surface area contributed by atoms with Gasteiger partial charge in [-0.2, -0.15) is 0 Å². The zero-order chi connectivity index (χ0) is 13.3. The normalized spacial score (nSPS) is 12.3. The fraction of sp³-hybridized carbons (Fsp3) is 0.818. The number of esters is 2. The second-order valence-corrected chi connectivity index (χ2v) is 3.73. The molecular formula is C11H20O6. The Morgan fingerprint density at radius 3 is 2.18 bits per heavy atom. The molecule has 0 heterocycles. The summed E-state index contributed by atoms with van der Waals surface area (Å²) in [6.45, 7) is 2.56. The van der Waals surface area contributed by atoms with Gasteiger partial charge in [0.25, 0.3) is 0 Å². The predicted molar refractivity (Wildman–Crippen MR) is 59.1 cm³/mol. The third kappa shape index (κ3) is 7.70. The maximum atomic E-state index is 11.3. The van der Waals surface area contributed by atoms with Gasteiger partial charge in [0.15, 0.2) is 0 Å². The van der Waals surface area contributed by atoms with Crippen molar-refractivity contribution in [3.63, 3.8) is 0 Å². The van der Waals surface area contributed by atoms with Crippen LogP contribution in [0.25, 0.3) is 0 Å². The molecule has 0 amide bonds. The van der Waals surface area contributed by atoms with E-state index < -0.39 is 31.4 Å². The Balaban J connectivity index is 3.90. The SMILES string of the molecule is CCCC(=O)OC(C)CC(=O)OC(CO)CO. The summed E-state index contributed by atoms with van der Waals surface area (Å²) in [5.74, 6) is -0.969. The van der Waals surface area contributed by atoms with Crippen LogP contribution in [0.1, 0.15) is 33.1 Å². The molecular weight excluding hydrogens is 228 g/mol. The van der Waals surface area contributed by atoms with Crippen LogP contribution in [-0.4, -0.2) is 47.6 Å². The van der Waals surface area contributed by atoms with Crippen molar-refractivity contribution in [3.8, 4) is 0 Å². The molecule has 100 valence electrons. The van der Waals surface area contributed by atoms with Gasteiger partial charge in [-0.1, -0.05) is 6.92 Å². The molecule has 17 heavy (non-hydrogen) atoms. The molecule has 0 radical (unpaired) electrons. The van der Waals surface area contributed by atoms with Crippen LogP contribution in [0.3, 0.4) is 0 Å². The lowest BCUT2D eigenvalue weighted by molar-refractivity contribution is -0.159. The van der Waals surface area contributed by atoms with Gasteiger partial charge in [0.05, 0.1) is 19.6 Å². The molecule has 1 atom stereocenters. The van der Waals surface area contributed by atoms with Crippen LogP contribution >= 0.6 is 0 Å². The molecule has 1 unspecified atom stereocenters. The molecule has 0 bridgehead atoms. The van der Waals surface area contributed by atoms with Crippen molar-refractivity contribution in [2.24, 2.45) is 0 Å². The van der Waals surface area contributed by atoms with Gasteiger partial charge >= 0.3 is 11.9 Å². The number of aliphatic hydroxyl groups is 2. The Bertz CT molecular complexity index is 236. The maximum Gasteiger partial charge on any atom is 0.309 e. The quantitative estimate of drug-likeness (QED) is 0.587. The van der Waals surface area contributed by atoms with Crippen LogP contribution < -0.4 is 0 Å². The highest BCUT2D eigenvalue weighted by Crippen LogP contribution is 2.04. The van der Waals surface area contributed by atoms with Crippen molar-refractivity contribution in [1.29, 1.82) is 0 Å². The van der Waals surface area contributed by atoms with Crippen LogP contribution in [0.15, 0.2) is 0 Å². The van der Waals surface area contributed by atoms with Gasteiger partial charge in [0, 0.05) is 6.42 Å². The highest BCUT2D eigenvalue weighted by Gasteiger charge is 2.17. The monoisotopic (exact) mass is 248 g/mol. The molecule has 0 fully saturated rings. The topological polar surface area (TPSA) is 93.1 Å². The van der Waals surface area contributed by atoms with E-state index in [9.17, 15) is 9.59 Å². The van der Waals surface area contributed by atoms with Crippen LogP contribution in [0, 0.1) is 0 Å². The Labute approximate surface area is 101 Å². The Hall–Kier alpha value is -1.14. The number of hydrogen-bond donors (Lipinski definition) is 2. The molecule has 0 aliphatic heterocycles. The number of aliphatic hydroxyl groups excluding tert-OH is 2. The molecule has 0 spiro atoms. The summed E-state index contributed by atoms with van der Waals surface area (Å²) in [6.07, 6.45) is -0.574. The molecule has 0 aliphatic rings. The van der Waals surface area contributed by atoms with E-state index in [0.717, 1.165) is 0 Å². The van der Waals surface area contributed by atoms with Crippen LogP contribution in [0.5, 0.6) is 0 Å². The minimum atomic E-state index is -0.916. The van der Waals surface area contributed by atoms with E-state index in [-0.39, 0.29) is 12.4 Å². The fourth-order valence-electron chi connectivity index (χ4n) is 1.13. The van der Waals surface area contributed by atoms with E-state index >= 15 is 0 Å². The number of rotatable bonds is 8. The summed E-state index contributed by atoms with van der Waals surface area (Å²) in [5, 5.41) is 17.4. The van der Waals surface area contributed by atoms with E-state index in [1.807, 2.05) is 6.92 Å². The van der Waals surface area contributed by atoms with E-state index in [4.69, 9.17) is 19.7 Å². The van der Waals surface area contributed by atoms with Gasteiger partial charge in [0.1, 0.15) is 12.2 Å². The van der Waals surface area contributed by atoms with Gasteiger partial charge in [-0.05, 0) is 13.3 Å². The Kier molecular flexibility index (Phi) is 8.35. The van der Waals surface area contributed by atoms with Crippen LogP contribution in [-0.2, 0) is 19.1 Å². The third-order valence-corrected chi connectivity index (χ3v) is 1.95. The summed E-state index contributed by atoms with van der Waals surface area (Å²) in [7, 11) is 0. The van der Waals surface area contributed by atoms with Crippen LogP contribution in [0.2, 0.25) is 0 Å². The van der Waals surface area contributed by atoms with Gasteiger partial charge in [-0.3, -0.25) is 9.59 Å². The van der Waals surface area contributed by atoms with Gasteiger partial charge in [-0.25, -0.2) is 0 Å². The number of carbonyl (C=O) groups excluding carboxylic acids is 2. The maximum absolute atomic E-state index is 11.3. The van der Waals surface area contributed by atoms with Crippen molar-refractivity contribution >= 4 is 11.9 Å². The molecule has 0 saturated carbocycles. The standard InChI is InChI=1S/C11H20O6/c1-3-4-10(14)16-8(2)5-11(15)17-9(6-12)7-13/h8-9,12-13H,3-7H2,1-2H3. The highest BCUT2D eigenvalue weighted by atomic mass is 16.6. The van der Waals surface area contributed by atoms with Crippen LogP contribution in [0.4, 0.5) is 0 Å². The average molecular weight is 248 g/mol. The average Bonchev–Trinajstić information content (AvgIpc) is 2.25. The van der Waals surface area contributed by atoms with Crippen molar-refractivity contribution < 1.29 is 29.3 Å². The lowest BCUT2D eigenvalue weighted by Crippen LogP contribution is -2.28. The molecule has 2 N–H and O–H groups in total. The molecule has 0 aromatic rings. The minimum Gasteiger partial charge on any atom is -0.462 e. The number of carbonyl (C=O) groups is 2. The molecule has 0 rings (SSSR count). The first kappa shape index (κ1) is 15.9. The zero-order valence-corrected chi connectivity index (χ0v) is 10.2. The summed E-state index contributed by atoms with van der Waals surface area (Å²) in [4.78, 5) is 22.4. The van der Waals surface area contributed by atoms with Crippen molar-refractivity contribution in [2.75, 3.05) is 13.2 Å². The van der Waals surface area contributed by atoms with Crippen molar-refractivity contribution in [3.05, 3.63) is 0 Å². The first-order chi connectivity index (χ1) is 8.03. The summed E-state index contributed by atoms with van der Waals surface area (Å²) in [5.41, 5.74) is 0. The number of hydrogen-bond acceptors (Lipinski definition) is 6. The first-order valence-corrected chi connectivity index (χ1v) is 5.64. The molecule has 0 aromatic heterocycles. The number of ether oxygens (including phenoxy) is 2. The fourth-order valence-corrected chi connectivity index (χ4v) is 1.13. The Morgan fingerprint density at radius 2 is 1.71 bits per heavy atom. The summed E-state index contributed by atoms with van der Waals surface area (Å²) >= 11 is 0. The lowest BCUT2D eigenvalue weighted by Gasteiger charge is -2.15. The zero-order valence-electron chi connectivity index (χ0n) is 10.2. The smallest absolute Gasteiger partial charge is 0.309 e. The predicted octanol–water partition coefficient (Wildman–Crippen LogP) is 0.00470. The molecule has 0 aromatic carbocycles. The molecule has 6 nitrogen and oxygen atoms in total. The molecule has 6 heteroatoms. The highest BCUT2D eigenvalue weighted by molar-refractivity contribution is 5.72. The van der Waals surface area contributed by atoms with Gasteiger partial charge in [0.2, 0.25) is 0 Å². The van der Waals surface area contributed by atoms with E-state index in [0.29, 0.717) is 12.8 Å². The van der Waals surface area contributed by atoms with Gasteiger partial charge < -0.3 is 19.7 Å². The van der Waals surface area contributed by atoms with Gasteiger partial charge in [-0.15, -0.1) is 0 Å². The third-order valence-electron chi connectivity index (χ3n) is 1.95. The summed E-state index contributed by atoms with van der Waals surface area (Å²) < 4.78 is 9.68. The van der Waals surface area contributed by atoms with E-state index in [1.54, 1.807) is 6.92 Å². The van der Waals surface area contributed by atoms with E-state index in [1.165, 1.54) is 0 Å². The lowest BCUT2D eigenvalue weighted by atomic mass is 10.2. The molecule has 0 saturated heterocycles. The van der Waals surface area contributed by atoms with E-state index in [2.05, 4.69) is 0 Å². The Morgan fingerprint density at radius 1 is 1.12 bits per heavy atom.